The molecule has 0 aliphatic rings. The van der Waals surface area contributed by atoms with Crippen LogP contribution in [0.25, 0.3) is 0 Å². The Kier molecular flexibility index (Phi) is 9.81. The molecule has 1 aromatic heterocycles. The van der Waals surface area contributed by atoms with Crippen LogP contribution in [-0.2, 0) is 6.42 Å². The molecule has 4 rings (SSSR count). The van der Waals surface area contributed by atoms with Crippen LogP contribution >= 0.6 is 0 Å². The van der Waals surface area contributed by atoms with Crippen LogP contribution < -0.4 is 20.1 Å². The van der Waals surface area contributed by atoms with Crippen LogP contribution in [0.1, 0.15) is 15.9 Å². The molecule has 0 saturated heterocycles. The average Bonchev–Trinajstić information content (AvgIpc) is 2.96. The van der Waals surface area contributed by atoms with Crippen LogP contribution in [0, 0.1) is 0 Å². The second-order valence-electron chi connectivity index (χ2n) is 8.69. The number of benzene rings is 3. The van der Waals surface area contributed by atoms with Crippen LogP contribution in [0.3, 0.4) is 0 Å². The van der Waals surface area contributed by atoms with Crippen molar-refractivity contribution in [2.45, 2.75) is 18.6 Å². The van der Waals surface area contributed by atoms with Crippen LogP contribution in [0.4, 0.5) is 5.69 Å². The maximum Gasteiger partial charge on any atom is 0.261 e. The summed E-state index contributed by atoms with van der Waals surface area (Å²) in [5.74, 6) is 1.17. The van der Waals surface area contributed by atoms with E-state index in [-0.39, 0.29) is 37.6 Å². The van der Waals surface area contributed by atoms with E-state index < -0.39 is 6.10 Å². The Bertz CT molecular complexity index is 1270. The first kappa shape index (κ1) is 26.8. The fourth-order valence-electron chi connectivity index (χ4n) is 3.72. The summed E-state index contributed by atoms with van der Waals surface area (Å²) in [6.45, 7) is 0.346. The van der Waals surface area contributed by atoms with Crippen molar-refractivity contribution in [1.82, 2.24) is 10.3 Å². The topological polar surface area (TPSA) is 113 Å². The van der Waals surface area contributed by atoms with Crippen molar-refractivity contribution in [3.63, 3.8) is 0 Å². The second-order valence-corrected chi connectivity index (χ2v) is 8.69. The molecule has 0 unspecified atom stereocenters. The number of nitrogens with zero attached hydrogens (tertiary/aromatic N) is 1. The molecule has 0 radical (unpaired) electrons. The summed E-state index contributed by atoms with van der Waals surface area (Å²) in [6.07, 6.45) is 1.41. The largest absolute Gasteiger partial charge is 0.491 e. The fourth-order valence-corrected chi connectivity index (χ4v) is 3.72. The van der Waals surface area contributed by atoms with Gasteiger partial charge in [0.05, 0.1) is 6.61 Å². The first-order chi connectivity index (χ1) is 18.6. The van der Waals surface area contributed by atoms with Crippen LogP contribution in [0.15, 0.2) is 103 Å². The van der Waals surface area contributed by atoms with Crippen LogP contribution in [0.5, 0.6) is 17.4 Å². The summed E-state index contributed by atoms with van der Waals surface area (Å²) in [5.41, 5.74) is 1.91. The molecule has 38 heavy (non-hydrogen) atoms. The van der Waals surface area contributed by atoms with E-state index >= 15 is 0 Å². The number of para-hydroxylation sites is 2. The Morgan fingerprint density at radius 2 is 1.55 bits per heavy atom. The average molecular weight is 514 g/mol. The summed E-state index contributed by atoms with van der Waals surface area (Å²) >= 11 is 0. The van der Waals surface area contributed by atoms with Gasteiger partial charge < -0.3 is 30.3 Å². The van der Waals surface area contributed by atoms with Gasteiger partial charge in [-0.25, -0.2) is 4.98 Å². The number of hydrogen-bond acceptors (Lipinski definition) is 7. The van der Waals surface area contributed by atoms with E-state index in [9.17, 15) is 15.0 Å². The van der Waals surface area contributed by atoms with Gasteiger partial charge in [0.2, 0.25) is 5.88 Å². The molecule has 4 N–H and O–H groups in total. The lowest BCUT2D eigenvalue weighted by atomic mass is 10.1. The van der Waals surface area contributed by atoms with Crippen LogP contribution in [-0.4, -0.2) is 53.0 Å². The molecule has 4 aromatic rings. The molecule has 8 heteroatoms. The minimum atomic E-state index is -0.718. The first-order valence-corrected chi connectivity index (χ1v) is 12.4. The number of carbonyl (C=O) groups is 1. The lowest BCUT2D eigenvalue weighted by Crippen LogP contribution is -2.41. The minimum absolute atomic E-state index is 0.0874. The van der Waals surface area contributed by atoms with Gasteiger partial charge in [0.25, 0.3) is 5.91 Å². The summed E-state index contributed by atoms with van der Waals surface area (Å²) in [4.78, 5) is 17.1. The monoisotopic (exact) mass is 513 g/mol. The van der Waals surface area contributed by atoms with Gasteiger partial charge in [0, 0.05) is 24.5 Å². The Labute approximate surface area is 221 Å². The summed E-state index contributed by atoms with van der Waals surface area (Å²) < 4.78 is 11.4. The third-order valence-corrected chi connectivity index (χ3v) is 5.72. The van der Waals surface area contributed by atoms with Gasteiger partial charge in [-0.1, -0.05) is 48.5 Å². The van der Waals surface area contributed by atoms with E-state index in [1.807, 2.05) is 60.7 Å². The number of aliphatic hydroxyl groups excluding tert-OH is 2. The van der Waals surface area contributed by atoms with Gasteiger partial charge in [-0.2, -0.15) is 0 Å². The van der Waals surface area contributed by atoms with Crippen molar-refractivity contribution < 1.29 is 24.5 Å². The smallest absolute Gasteiger partial charge is 0.261 e. The SMILES string of the molecule is O=C(Nc1ccc(C[C@@H](CO)NC[C@H](O)COc2ccccc2)cc1)c1cccnc1Oc1ccccc1. The number of pyridine rings is 1. The fraction of sp³-hybridized carbons (Fsp3) is 0.200. The molecule has 1 amide bonds. The molecule has 0 spiro atoms. The highest BCUT2D eigenvalue weighted by Gasteiger charge is 2.15. The Morgan fingerprint density at radius 3 is 2.24 bits per heavy atom. The van der Waals surface area contributed by atoms with Crippen molar-refractivity contribution in [2.75, 3.05) is 25.1 Å². The minimum Gasteiger partial charge on any atom is -0.491 e. The summed E-state index contributed by atoms with van der Waals surface area (Å²) in [6, 6.07) is 28.9. The predicted octanol–water partition coefficient (Wildman–Crippen LogP) is 4.06. The van der Waals surface area contributed by atoms with Crippen molar-refractivity contribution in [3.8, 4) is 17.4 Å². The number of anilines is 1. The highest BCUT2D eigenvalue weighted by Crippen LogP contribution is 2.23. The Hall–Kier alpha value is -4.24. The maximum atomic E-state index is 12.9. The van der Waals surface area contributed by atoms with Crippen molar-refractivity contribution in [3.05, 3.63) is 114 Å². The second kappa shape index (κ2) is 13.9. The van der Waals surface area contributed by atoms with E-state index in [0.29, 0.717) is 29.2 Å². The van der Waals surface area contributed by atoms with Gasteiger partial charge in [-0.3, -0.25) is 4.79 Å². The van der Waals surface area contributed by atoms with Crippen molar-refractivity contribution >= 4 is 11.6 Å². The molecule has 0 saturated carbocycles. The molecular weight excluding hydrogens is 482 g/mol. The van der Waals surface area contributed by atoms with E-state index in [1.54, 1.807) is 42.6 Å². The molecule has 8 nitrogen and oxygen atoms in total. The zero-order valence-corrected chi connectivity index (χ0v) is 20.9. The standard InChI is InChI=1S/C30H31N3O5/c34-20-24(32-19-25(35)21-37-26-8-3-1-4-9-26)18-22-13-15-23(16-14-22)33-29(36)28-12-7-17-31-30(28)38-27-10-5-2-6-11-27/h1-17,24-25,32,34-35H,18-21H2,(H,33,36)/t24-,25-/m0/s1. The lowest BCUT2D eigenvalue weighted by molar-refractivity contribution is 0.0997. The third kappa shape index (κ3) is 8.14. The third-order valence-electron chi connectivity index (χ3n) is 5.72. The van der Waals surface area contributed by atoms with E-state index in [1.165, 1.54) is 0 Å². The Morgan fingerprint density at radius 1 is 0.868 bits per heavy atom. The zero-order valence-electron chi connectivity index (χ0n) is 20.9. The molecule has 0 aliphatic heterocycles. The summed E-state index contributed by atoms with van der Waals surface area (Å²) in [7, 11) is 0. The predicted molar refractivity (Wildman–Crippen MR) is 146 cm³/mol. The number of amides is 1. The number of nitrogens with one attached hydrogen (secondary N) is 2. The van der Waals surface area contributed by atoms with Gasteiger partial charge in [-0.05, 0) is 60.5 Å². The number of aromatic nitrogens is 1. The lowest BCUT2D eigenvalue weighted by Gasteiger charge is -2.19. The molecule has 3 aromatic carbocycles. The molecule has 0 aliphatic carbocycles. The van der Waals surface area contributed by atoms with E-state index in [0.717, 1.165) is 5.56 Å². The quantitative estimate of drug-likeness (QED) is 0.213. The molecule has 0 fully saturated rings. The first-order valence-electron chi connectivity index (χ1n) is 12.4. The highest BCUT2D eigenvalue weighted by atomic mass is 16.5. The van der Waals surface area contributed by atoms with Crippen molar-refractivity contribution in [1.29, 1.82) is 0 Å². The van der Waals surface area contributed by atoms with Gasteiger partial charge in [-0.15, -0.1) is 0 Å². The molecule has 0 bridgehead atoms. The summed E-state index contributed by atoms with van der Waals surface area (Å²) in [5, 5.41) is 26.1. The number of carbonyl (C=O) groups excluding carboxylic acids is 1. The number of rotatable bonds is 13. The molecule has 1 heterocycles. The van der Waals surface area contributed by atoms with E-state index in [4.69, 9.17) is 9.47 Å². The normalized spacial score (nSPS) is 12.4. The molecule has 196 valence electrons. The highest BCUT2D eigenvalue weighted by molar-refractivity contribution is 6.05. The maximum absolute atomic E-state index is 12.9. The van der Waals surface area contributed by atoms with Crippen LogP contribution in [0.2, 0.25) is 0 Å². The molecular formula is C30H31N3O5. The van der Waals surface area contributed by atoms with E-state index in [2.05, 4.69) is 15.6 Å². The van der Waals surface area contributed by atoms with Crippen molar-refractivity contribution in [2.24, 2.45) is 0 Å². The van der Waals surface area contributed by atoms with Gasteiger partial charge in [0.1, 0.15) is 29.8 Å². The number of ether oxygens (including phenoxy) is 2. The zero-order chi connectivity index (χ0) is 26.6. The molecule has 2 atom stereocenters. The number of aliphatic hydroxyl groups is 2. The van der Waals surface area contributed by atoms with Gasteiger partial charge >= 0.3 is 0 Å². The van der Waals surface area contributed by atoms with Gasteiger partial charge in [0.15, 0.2) is 0 Å². The number of hydrogen-bond donors (Lipinski definition) is 4. The Balaban J connectivity index is 1.27.